The van der Waals surface area contributed by atoms with E-state index >= 15 is 0 Å². The van der Waals surface area contributed by atoms with E-state index in [1.807, 2.05) is 0 Å². The van der Waals surface area contributed by atoms with E-state index in [9.17, 15) is 13.2 Å². The molecular formula is C14H19F3N2. The second kappa shape index (κ2) is 5.80. The molecule has 2 rings (SSSR count). The molecule has 0 amide bonds. The molecule has 1 fully saturated rings. The lowest BCUT2D eigenvalue weighted by atomic mass is 9.84. The van der Waals surface area contributed by atoms with Gasteiger partial charge in [0.2, 0.25) is 0 Å². The third kappa shape index (κ3) is 3.85. The summed E-state index contributed by atoms with van der Waals surface area (Å²) in [6.45, 7) is 2.16. The Labute approximate surface area is 111 Å². The Morgan fingerprint density at radius 1 is 1.32 bits per heavy atom. The zero-order valence-corrected chi connectivity index (χ0v) is 11.0. The molecule has 0 radical (unpaired) electrons. The first kappa shape index (κ1) is 14.2. The molecule has 1 aliphatic carbocycles. The molecule has 0 spiro atoms. The van der Waals surface area contributed by atoms with Crippen LogP contribution in [-0.2, 0) is 6.18 Å². The van der Waals surface area contributed by atoms with Gasteiger partial charge in [0.25, 0.3) is 0 Å². The van der Waals surface area contributed by atoms with Crippen LogP contribution in [-0.4, -0.2) is 11.0 Å². The Morgan fingerprint density at radius 2 is 2.11 bits per heavy atom. The first-order valence-electron chi connectivity index (χ1n) is 6.80. The number of hydrogen-bond donors (Lipinski definition) is 1. The lowest BCUT2D eigenvalue weighted by Crippen LogP contribution is -2.27. The lowest BCUT2D eigenvalue weighted by Gasteiger charge is -2.29. The minimum absolute atomic E-state index is 0.245. The van der Waals surface area contributed by atoms with Crippen LogP contribution in [0.3, 0.4) is 0 Å². The van der Waals surface area contributed by atoms with Crippen molar-refractivity contribution in [2.24, 2.45) is 5.92 Å². The second-order valence-electron chi connectivity index (χ2n) is 5.19. The number of alkyl halides is 3. The predicted octanol–water partition coefficient (Wildman–Crippen LogP) is 4.48. The molecule has 0 bridgehead atoms. The Bertz CT molecular complexity index is 417. The molecule has 1 N–H and O–H groups in total. The summed E-state index contributed by atoms with van der Waals surface area (Å²) in [4.78, 5) is 3.65. The van der Waals surface area contributed by atoms with Crippen molar-refractivity contribution in [3.05, 3.63) is 23.9 Å². The summed E-state index contributed by atoms with van der Waals surface area (Å²) >= 11 is 0. The average molecular weight is 272 g/mol. The van der Waals surface area contributed by atoms with Gasteiger partial charge < -0.3 is 5.32 Å². The fourth-order valence-electron chi connectivity index (χ4n) is 2.67. The molecule has 19 heavy (non-hydrogen) atoms. The molecule has 106 valence electrons. The molecule has 2 unspecified atom stereocenters. The van der Waals surface area contributed by atoms with Crippen molar-refractivity contribution in [1.82, 2.24) is 4.98 Å². The fourth-order valence-corrected chi connectivity index (χ4v) is 2.67. The monoisotopic (exact) mass is 272 g/mol. The van der Waals surface area contributed by atoms with Gasteiger partial charge in [0.15, 0.2) is 0 Å². The van der Waals surface area contributed by atoms with Crippen molar-refractivity contribution in [3.8, 4) is 0 Å². The van der Waals surface area contributed by atoms with E-state index in [0.717, 1.165) is 31.7 Å². The smallest absolute Gasteiger partial charge is 0.367 e. The van der Waals surface area contributed by atoms with E-state index in [1.54, 1.807) is 6.07 Å². The van der Waals surface area contributed by atoms with Gasteiger partial charge in [0.05, 0.1) is 0 Å². The maximum absolute atomic E-state index is 12.6. The van der Waals surface area contributed by atoms with E-state index in [-0.39, 0.29) is 6.04 Å². The number of anilines is 1. The number of aromatic nitrogens is 1. The van der Waals surface area contributed by atoms with Gasteiger partial charge in [-0.1, -0.05) is 32.3 Å². The van der Waals surface area contributed by atoms with E-state index in [1.165, 1.54) is 12.5 Å². The molecule has 2 atom stereocenters. The number of nitrogens with zero attached hydrogens (tertiary/aromatic N) is 1. The molecule has 1 aromatic heterocycles. The molecule has 1 aliphatic rings. The van der Waals surface area contributed by atoms with E-state index < -0.39 is 11.9 Å². The average Bonchev–Trinajstić information content (AvgIpc) is 2.38. The normalized spacial score (nSPS) is 24.2. The number of pyridine rings is 1. The van der Waals surface area contributed by atoms with Gasteiger partial charge in [-0.2, -0.15) is 13.2 Å². The van der Waals surface area contributed by atoms with Crippen molar-refractivity contribution in [2.75, 3.05) is 5.32 Å². The number of nitrogens with one attached hydrogen (secondary N) is 1. The van der Waals surface area contributed by atoms with Gasteiger partial charge in [-0.05, 0) is 30.9 Å². The van der Waals surface area contributed by atoms with Crippen LogP contribution in [0.2, 0.25) is 0 Å². The van der Waals surface area contributed by atoms with E-state index in [4.69, 9.17) is 0 Å². The molecule has 0 saturated heterocycles. The highest BCUT2D eigenvalue weighted by atomic mass is 19.4. The second-order valence-corrected chi connectivity index (χ2v) is 5.19. The minimum atomic E-state index is -4.38. The summed E-state index contributed by atoms with van der Waals surface area (Å²) < 4.78 is 37.7. The highest BCUT2D eigenvalue weighted by Crippen LogP contribution is 2.30. The first-order valence-corrected chi connectivity index (χ1v) is 6.80. The van der Waals surface area contributed by atoms with Crippen LogP contribution in [0.5, 0.6) is 0 Å². The van der Waals surface area contributed by atoms with Crippen molar-refractivity contribution in [1.29, 1.82) is 0 Å². The summed E-state index contributed by atoms with van der Waals surface area (Å²) in [6.07, 6.45) is 1.15. The highest BCUT2D eigenvalue weighted by Gasteiger charge is 2.32. The van der Waals surface area contributed by atoms with Crippen molar-refractivity contribution >= 4 is 5.82 Å². The maximum atomic E-state index is 12.6. The van der Waals surface area contributed by atoms with E-state index in [0.29, 0.717) is 11.7 Å². The molecule has 0 aromatic carbocycles. The third-order valence-corrected chi connectivity index (χ3v) is 3.75. The highest BCUT2D eigenvalue weighted by molar-refractivity contribution is 5.37. The maximum Gasteiger partial charge on any atom is 0.433 e. The Hall–Kier alpha value is -1.26. The molecule has 1 aromatic rings. The zero-order valence-electron chi connectivity index (χ0n) is 11.0. The topological polar surface area (TPSA) is 24.9 Å². The summed E-state index contributed by atoms with van der Waals surface area (Å²) in [6, 6.07) is 4.25. The summed E-state index contributed by atoms with van der Waals surface area (Å²) in [5.41, 5.74) is -0.833. The van der Waals surface area contributed by atoms with Gasteiger partial charge in [-0.3, -0.25) is 0 Å². The van der Waals surface area contributed by atoms with Gasteiger partial charge in [-0.25, -0.2) is 4.98 Å². The fraction of sp³-hybridized carbons (Fsp3) is 0.643. The lowest BCUT2D eigenvalue weighted by molar-refractivity contribution is -0.141. The van der Waals surface area contributed by atoms with Gasteiger partial charge in [-0.15, -0.1) is 0 Å². The predicted molar refractivity (Wildman–Crippen MR) is 68.9 cm³/mol. The SMILES string of the molecule is CCC1CCCC(Nc2cccc(C(F)(F)F)n2)C1. The van der Waals surface area contributed by atoms with E-state index in [2.05, 4.69) is 17.2 Å². The molecule has 1 saturated carbocycles. The van der Waals surface area contributed by atoms with Crippen LogP contribution >= 0.6 is 0 Å². The number of rotatable bonds is 3. The van der Waals surface area contributed by atoms with Gasteiger partial charge >= 0.3 is 6.18 Å². The summed E-state index contributed by atoms with van der Waals surface area (Å²) in [7, 11) is 0. The Morgan fingerprint density at radius 3 is 2.79 bits per heavy atom. The number of hydrogen-bond acceptors (Lipinski definition) is 2. The van der Waals surface area contributed by atoms with Gasteiger partial charge in [0.1, 0.15) is 11.5 Å². The van der Waals surface area contributed by atoms with Crippen molar-refractivity contribution in [3.63, 3.8) is 0 Å². The Balaban J connectivity index is 2.03. The quantitative estimate of drug-likeness (QED) is 0.877. The first-order chi connectivity index (χ1) is 8.99. The third-order valence-electron chi connectivity index (χ3n) is 3.75. The summed E-state index contributed by atoms with van der Waals surface area (Å²) in [5, 5.41) is 3.15. The van der Waals surface area contributed by atoms with Crippen LogP contribution < -0.4 is 5.32 Å². The van der Waals surface area contributed by atoms with Crippen LogP contribution in [0.1, 0.15) is 44.7 Å². The van der Waals surface area contributed by atoms with Crippen molar-refractivity contribution < 1.29 is 13.2 Å². The summed E-state index contributed by atoms with van der Waals surface area (Å²) in [5.74, 6) is 1.01. The molecular weight excluding hydrogens is 253 g/mol. The van der Waals surface area contributed by atoms with Crippen LogP contribution in [0.25, 0.3) is 0 Å². The van der Waals surface area contributed by atoms with Gasteiger partial charge in [0, 0.05) is 6.04 Å². The molecule has 5 heteroatoms. The van der Waals surface area contributed by atoms with Crippen LogP contribution in [0.15, 0.2) is 18.2 Å². The van der Waals surface area contributed by atoms with Crippen LogP contribution in [0.4, 0.5) is 19.0 Å². The minimum Gasteiger partial charge on any atom is -0.367 e. The largest absolute Gasteiger partial charge is 0.433 e. The molecule has 2 nitrogen and oxygen atoms in total. The van der Waals surface area contributed by atoms with Crippen molar-refractivity contribution in [2.45, 2.75) is 51.2 Å². The Kier molecular flexibility index (Phi) is 4.32. The zero-order chi connectivity index (χ0) is 13.9. The molecule has 0 aliphatic heterocycles. The molecule has 1 heterocycles. The standard InChI is InChI=1S/C14H19F3N2/c1-2-10-5-3-6-11(9-10)18-13-8-4-7-12(19-13)14(15,16)17/h4,7-8,10-11H,2-3,5-6,9H2,1H3,(H,18,19). The number of halogens is 3. The van der Waals surface area contributed by atoms with Crippen LogP contribution in [0, 0.1) is 5.92 Å².